The van der Waals surface area contributed by atoms with Crippen LogP contribution in [0.25, 0.3) is 0 Å². The van der Waals surface area contributed by atoms with E-state index in [9.17, 15) is 13.2 Å². The van der Waals surface area contributed by atoms with Crippen molar-refractivity contribution >= 4 is 23.1 Å². The summed E-state index contributed by atoms with van der Waals surface area (Å²) in [5, 5.41) is 5.78. The maximum atomic E-state index is 13.7. The Kier molecular flexibility index (Phi) is 7.15. The summed E-state index contributed by atoms with van der Waals surface area (Å²) in [6.07, 6.45) is -3.17. The molecule has 3 rings (SSSR count). The molecule has 3 aromatic rings. The van der Waals surface area contributed by atoms with Crippen LogP contribution in [-0.4, -0.2) is 16.1 Å². The number of nitrogens with one attached hydrogen (secondary N) is 2. The van der Waals surface area contributed by atoms with E-state index in [1.54, 1.807) is 24.3 Å². The number of hydrogen-bond donors (Lipinski definition) is 2. The average molecular weight is 459 g/mol. The Hall–Kier alpha value is -3.29. The molecule has 2 N–H and O–H groups in total. The van der Waals surface area contributed by atoms with E-state index in [4.69, 9.17) is 4.74 Å². The highest BCUT2D eigenvalue weighted by Crippen LogP contribution is 2.37. The maximum absolute atomic E-state index is 13.7. The van der Waals surface area contributed by atoms with E-state index >= 15 is 0 Å². The van der Waals surface area contributed by atoms with Crippen molar-refractivity contribution in [1.29, 1.82) is 0 Å². The Labute approximate surface area is 192 Å². The zero-order valence-electron chi connectivity index (χ0n) is 19.4. The Balaban J connectivity index is 1.92. The minimum atomic E-state index is -4.62. The molecule has 0 bridgehead atoms. The number of halogens is 3. The third-order valence-electron chi connectivity index (χ3n) is 5.14. The molecule has 0 aliphatic heterocycles. The second-order valence-corrected chi connectivity index (χ2v) is 8.86. The molecular formula is C25H29F3N4O. The summed E-state index contributed by atoms with van der Waals surface area (Å²) in [6, 6.07) is 14.5. The van der Waals surface area contributed by atoms with Crippen molar-refractivity contribution in [3.8, 4) is 5.75 Å². The van der Waals surface area contributed by atoms with Crippen LogP contribution in [0.5, 0.6) is 5.75 Å². The topological polar surface area (TPSA) is 59.1 Å². The van der Waals surface area contributed by atoms with Crippen molar-refractivity contribution in [2.45, 2.75) is 58.7 Å². The van der Waals surface area contributed by atoms with Crippen molar-refractivity contribution in [3.63, 3.8) is 0 Å². The molecule has 0 radical (unpaired) electrons. The highest BCUT2D eigenvalue weighted by Gasteiger charge is 2.35. The van der Waals surface area contributed by atoms with Gasteiger partial charge in [0.05, 0.1) is 11.8 Å². The standard InChI is InChI=1S/C25H29F3N4O/c1-6-16(2)33-21-10-8-7-9-20(21)31-22-19(25(26,27)28)15-29-23(32-22)30-18-13-11-17(12-14-18)24(3,4)5/h7-16H,6H2,1-5H3,(H2,29,30,31,32). The molecule has 0 spiro atoms. The molecule has 1 aromatic heterocycles. The molecule has 176 valence electrons. The lowest BCUT2D eigenvalue weighted by molar-refractivity contribution is -0.137. The van der Waals surface area contributed by atoms with Gasteiger partial charge >= 0.3 is 6.18 Å². The summed E-state index contributed by atoms with van der Waals surface area (Å²) < 4.78 is 46.8. The first-order chi connectivity index (χ1) is 15.5. The quantitative estimate of drug-likeness (QED) is 0.385. The number of rotatable bonds is 7. The maximum Gasteiger partial charge on any atom is 0.421 e. The molecular weight excluding hydrogens is 429 g/mol. The summed E-state index contributed by atoms with van der Waals surface area (Å²) in [7, 11) is 0. The van der Waals surface area contributed by atoms with Crippen molar-refractivity contribution in [2.75, 3.05) is 10.6 Å². The van der Waals surface area contributed by atoms with Gasteiger partial charge in [-0.2, -0.15) is 18.2 Å². The molecule has 1 heterocycles. The predicted octanol–water partition coefficient (Wildman–Crippen LogP) is 7.46. The van der Waals surface area contributed by atoms with Gasteiger partial charge in [0.25, 0.3) is 0 Å². The molecule has 1 atom stereocenters. The summed E-state index contributed by atoms with van der Waals surface area (Å²) in [5.74, 6) is 0.145. The molecule has 0 aliphatic rings. The number of aromatic nitrogens is 2. The van der Waals surface area contributed by atoms with E-state index in [2.05, 4.69) is 41.4 Å². The first-order valence-corrected chi connectivity index (χ1v) is 10.8. The van der Waals surface area contributed by atoms with Gasteiger partial charge in [0.2, 0.25) is 5.95 Å². The van der Waals surface area contributed by atoms with Crippen LogP contribution >= 0.6 is 0 Å². The zero-order chi connectivity index (χ0) is 24.2. The molecule has 8 heteroatoms. The van der Waals surface area contributed by atoms with Gasteiger partial charge in [-0.3, -0.25) is 0 Å². The van der Waals surface area contributed by atoms with E-state index in [-0.39, 0.29) is 23.3 Å². The van der Waals surface area contributed by atoms with E-state index in [0.717, 1.165) is 18.2 Å². The fourth-order valence-electron chi connectivity index (χ4n) is 3.03. The fraction of sp³-hybridized carbons (Fsp3) is 0.360. The van der Waals surface area contributed by atoms with Gasteiger partial charge in [-0.25, -0.2) is 4.98 Å². The molecule has 0 amide bonds. The number of anilines is 4. The zero-order valence-corrected chi connectivity index (χ0v) is 19.4. The summed E-state index contributed by atoms with van der Waals surface area (Å²) in [6.45, 7) is 10.2. The number of para-hydroxylation sites is 2. The van der Waals surface area contributed by atoms with Gasteiger partial charge in [-0.1, -0.05) is 52.0 Å². The molecule has 5 nitrogen and oxygen atoms in total. The van der Waals surface area contributed by atoms with Crippen LogP contribution in [-0.2, 0) is 11.6 Å². The van der Waals surface area contributed by atoms with Gasteiger partial charge < -0.3 is 15.4 Å². The van der Waals surface area contributed by atoms with E-state index in [1.807, 2.05) is 38.1 Å². The third-order valence-corrected chi connectivity index (χ3v) is 5.14. The first-order valence-electron chi connectivity index (χ1n) is 10.8. The lowest BCUT2D eigenvalue weighted by Crippen LogP contribution is -2.14. The lowest BCUT2D eigenvalue weighted by Gasteiger charge is -2.20. The Morgan fingerprint density at radius 1 is 0.970 bits per heavy atom. The molecule has 1 unspecified atom stereocenters. The van der Waals surface area contributed by atoms with Gasteiger partial charge in [-0.05, 0) is 48.6 Å². The summed E-state index contributed by atoms with van der Waals surface area (Å²) in [5.41, 5.74) is 1.23. The number of hydrogen-bond acceptors (Lipinski definition) is 5. The van der Waals surface area contributed by atoms with Crippen LogP contribution in [0, 0.1) is 0 Å². The third kappa shape index (κ3) is 6.37. The van der Waals surface area contributed by atoms with Crippen LogP contribution in [0.3, 0.4) is 0 Å². The highest BCUT2D eigenvalue weighted by atomic mass is 19.4. The summed E-state index contributed by atoms with van der Waals surface area (Å²) >= 11 is 0. The number of nitrogens with zero attached hydrogens (tertiary/aromatic N) is 2. The monoisotopic (exact) mass is 458 g/mol. The highest BCUT2D eigenvalue weighted by molar-refractivity contribution is 5.67. The van der Waals surface area contributed by atoms with Crippen LogP contribution in [0.1, 0.15) is 52.2 Å². The number of alkyl halides is 3. The average Bonchev–Trinajstić information content (AvgIpc) is 2.74. The van der Waals surface area contributed by atoms with Gasteiger partial charge in [-0.15, -0.1) is 0 Å². The number of ether oxygens (including phenoxy) is 1. The van der Waals surface area contributed by atoms with E-state index < -0.39 is 11.7 Å². The van der Waals surface area contributed by atoms with Crippen LogP contribution < -0.4 is 15.4 Å². The van der Waals surface area contributed by atoms with E-state index in [0.29, 0.717) is 17.1 Å². The first kappa shape index (κ1) is 24.4. The van der Waals surface area contributed by atoms with Crippen molar-refractivity contribution in [1.82, 2.24) is 9.97 Å². The molecule has 0 saturated heterocycles. The molecule has 2 aromatic carbocycles. The van der Waals surface area contributed by atoms with Crippen molar-refractivity contribution in [3.05, 3.63) is 65.9 Å². The van der Waals surface area contributed by atoms with Crippen molar-refractivity contribution in [2.24, 2.45) is 0 Å². The predicted molar refractivity (Wildman–Crippen MR) is 126 cm³/mol. The Morgan fingerprint density at radius 3 is 2.24 bits per heavy atom. The molecule has 0 aliphatic carbocycles. The number of benzene rings is 2. The lowest BCUT2D eigenvalue weighted by atomic mass is 9.87. The Morgan fingerprint density at radius 2 is 1.64 bits per heavy atom. The summed E-state index contributed by atoms with van der Waals surface area (Å²) in [4.78, 5) is 8.02. The molecule has 0 fully saturated rings. The second-order valence-electron chi connectivity index (χ2n) is 8.86. The smallest absolute Gasteiger partial charge is 0.421 e. The van der Waals surface area contributed by atoms with Crippen LogP contribution in [0.2, 0.25) is 0 Å². The minimum Gasteiger partial charge on any atom is -0.489 e. The van der Waals surface area contributed by atoms with Crippen LogP contribution in [0.4, 0.5) is 36.3 Å². The Bertz CT molecular complexity index is 1080. The SMILES string of the molecule is CCC(C)Oc1ccccc1Nc1nc(Nc2ccc(C(C)(C)C)cc2)ncc1C(F)(F)F. The molecule has 0 saturated carbocycles. The van der Waals surface area contributed by atoms with Gasteiger partial charge in [0.1, 0.15) is 17.1 Å². The normalized spacial score (nSPS) is 12.8. The fourth-order valence-corrected chi connectivity index (χ4v) is 3.03. The minimum absolute atomic E-state index is 0.00872. The second kappa shape index (κ2) is 9.68. The van der Waals surface area contributed by atoms with Crippen molar-refractivity contribution < 1.29 is 17.9 Å². The van der Waals surface area contributed by atoms with Gasteiger partial charge in [0.15, 0.2) is 0 Å². The largest absolute Gasteiger partial charge is 0.489 e. The molecule has 33 heavy (non-hydrogen) atoms. The van der Waals surface area contributed by atoms with Crippen LogP contribution in [0.15, 0.2) is 54.7 Å². The van der Waals surface area contributed by atoms with Gasteiger partial charge in [0, 0.05) is 11.9 Å². The van der Waals surface area contributed by atoms with E-state index in [1.165, 1.54) is 0 Å².